The first-order valence-electron chi connectivity index (χ1n) is 15.9. The van der Waals surface area contributed by atoms with Crippen LogP contribution in [0.2, 0.25) is 26.2 Å². The van der Waals surface area contributed by atoms with E-state index in [-0.39, 0.29) is 57.1 Å². The Balaban J connectivity index is 0. The maximum absolute atomic E-state index is 10.7. The van der Waals surface area contributed by atoms with E-state index in [1.165, 1.54) is 43.1 Å². The molecule has 0 aliphatic carbocycles. The number of hydrogen-bond acceptors (Lipinski definition) is 3. The van der Waals surface area contributed by atoms with Gasteiger partial charge in [0, 0.05) is 19.0 Å². The Kier molecular flexibility index (Phi) is 28.2. The van der Waals surface area contributed by atoms with Crippen LogP contribution in [0.1, 0.15) is 0 Å². The number of benzene rings is 4. The smallest absolute Gasteiger partial charge is 1.00 e. The summed E-state index contributed by atoms with van der Waals surface area (Å²) in [6.07, 6.45) is 0. The van der Waals surface area contributed by atoms with E-state index in [4.69, 9.17) is 13.0 Å². The normalized spacial score (nSPS) is 9.74. The van der Waals surface area contributed by atoms with E-state index in [2.05, 4.69) is 196 Å². The third kappa shape index (κ3) is 19.9. The van der Waals surface area contributed by atoms with Gasteiger partial charge in [-0.15, -0.1) is 119 Å². The van der Waals surface area contributed by atoms with E-state index < -0.39 is 15.6 Å². The molecule has 53 heavy (non-hydrogen) atoms. The molecule has 4 radical (unpaired) electrons. The van der Waals surface area contributed by atoms with Crippen LogP contribution in [0.4, 0.5) is 13.2 Å². The fourth-order valence-electron chi connectivity index (χ4n) is 4.28. The summed E-state index contributed by atoms with van der Waals surface area (Å²) in [6.45, 7) is 8.83. The van der Waals surface area contributed by atoms with Gasteiger partial charge in [-0.2, -0.15) is 83.2 Å². The molecule has 0 spiro atoms. The van der Waals surface area contributed by atoms with Crippen LogP contribution < -0.4 is 4.70 Å². The average Bonchev–Trinajstić information content (AvgIpc) is 3.92. The van der Waals surface area contributed by atoms with Gasteiger partial charge in [0.15, 0.2) is 10.1 Å². The first kappa shape index (κ1) is 52.3. The van der Waals surface area contributed by atoms with Crippen molar-refractivity contribution in [3.05, 3.63) is 170 Å². The van der Waals surface area contributed by atoms with Gasteiger partial charge in [0.1, 0.15) is 0 Å². The molecule has 0 aliphatic heterocycles. The van der Waals surface area contributed by atoms with Gasteiger partial charge in [-0.25, -0.2) is 8.42 Å². The van der Waals surface area contributed by atoms with Crippen LogP contribution >= 0.6 is 0 Å². The molecule has 0 amide bonds. The second-order valence-electron chi connectivity index (χ2n) is 10.7. The molecule has 0 heterocycles. The van der Waals surface area contributed by atoms with E-state index in [9.17, 15) is 13.2 Å². The summed E-state index contributed by atoms with van der Waals surface area (Å²) in [5.41, 5.74) is -5.65. The van der Waals surface area contributed by atoms with Crippen molar-refractivity contribution in [1.82, 2.24) is 0 Å². The molecular formula is C41H42F4O3SSi2Zr2. The number of fused-ring (bicyclic) bond motifs is 4. The maximum Gasteiger partial charge on any atom is 3.00 e. The largest absolute Gasteiger partial charge is 3.00 e. The van der Waals surface area contributed by atoms with Crippen LogP contribution in [-0.2, 0) is 62.5 Å². The van der Waals surface area contributed by atoms with Gasteiger partial charge >= 0.3 is 57.9 Å². The first-order chi connectivity index (χ1) is 23.9. The zero-order valence-electron chi connectivity index (χ0n) is 30.0. The fourth-order valence-corrected chi connectivity index (χ4v) is 4.28. The first-order valence-corrected chi connectivity index (χ1v) is 21.9. The molecule has 8 rings (SSSR count). The predicted molar refractivity (Wildman–Crippen MR) is 212 cm³/mol. The van der Waals surface area contributed by atoms with Crippen LogP contribution in [-0.4, -0.2) is 37.5 Å². The van der Waals surface area contributed by atoms with E-state index in [0.717, 1.165) is 19.0 Å². The van der Waals surface area contributed by atoms with Gasteiger partial charge in [0.05, 0.1) is 0 Å². The Labute approximate surface area is 354 Å². The zero-order valence-corrected chi connectivity index (χ0v) is 38.0. The van der Waals surface area contributed by atoms with Gasteiger partial charge in [-0.3, -0.25) is 0 Å². The summed E-state index contributed by atoms with van der Waals surface area (Å²) in [5.74, 6) is 0. The van der Waals surface area contributed by atoms with E-state index in [0.29, 0.717) is 0 Å². The van der Waals surface area contributed by atoms with Gasteiger partial charge in [0.25, 0.3) is 0 Å². The van der Waals surface area contributed by atoms with Crippen molar-refractivity contribution in [2.45, 2.75) is 31.7 Å². The summed E-state index contributed by atoms with van der Waals surface area (Å²) >= 11 is 0. The number of halogens is 4. The van der Waals surface area contributed by atoms with E-state index in [1.54, 1.807) is 0 Å². The van der Waals surface area contributed by atoms with Crippen molar-refractivity contribution in [3.8, 4) is 0 Å². The minimum absolute atomic E-state index is 0. The summed E-state index contributed by atoms with van der Waals surface area (Å²) in [4.78, 5) is 0. The molecule has 0 saturated carbocycles. The molecule has 0 aromatic heterocycles. The number of alkyl halides is 3. The Morgan fingerprint density at radius 3 is 0.792 bits per heavy atom. The SMILES string of the molecule is C[SiH]C.C[SiH]C.O=S(=O)([O-])C(F)(F)F.[F-].[Zr+3].[Zr+3].c1ccc2[cH-]ccc2c1.c1ccc2[cH-]ccc2c1.c1ccc2[cH-]ccc2c1.c1ccc2[cH-]ccc2c1. The van der Waals surface area contributed by atoms with Crippen LogP contribution in [0.15, 0.2) is 170 Å². The van der Waals surface area contributed by atoms with Gasteiger partial charge in [-0.05, 0) is 0 Å². The summed E-state index contributed by atoms with van der Waals surface area (Å²) in [5, 5.41) is 10.6. The average molecular weight is 929 g/mol. The summed E-state index contributed by atoms with van der Waals surface area (Å²) < 4.78 is 58.9. The van der Waals surface area contributed by atoms with Crippen molar-refractivity contribution < 1.29 is 83.3 Å². The van der Waals surface area contributed by atoms with Crippen LogP contribution in [0.3, 0.4) is 0 Å². The molecule has 12 heteroatoms. The Hall–Kier alpha value is -2.85. The minimum atomic E-state index is -6.09. The predicted octanol–water partition coefficient (Wildman–Crippen LogP) is 8.32. The van der Waals surface area contributed by atoms with Crippen LogP contribution in [0.5, 0.6) is 0 Å². The number of hydrogen-bond donors (Lipinski definition) is 0. The molecule has 0 saturated heterocycles. The summed E-state index contributed by atoms with van der Waals surface area (Å²) in [7, 11) is -4.59. The van der Waals surface area contributed by atoms with Crippen LogP contribution in [0, 0.1) is 0 Å². The monoisotopic (exact) mass is 926 g/mol. The Morgan fingerprint density at radius 1 is 0.472 bits per heavy atom. The minimum Gasteiger partial charge on any atom is -1.00 e. The molecule has 0 bridgehead atoms. The molecule has 8 aromatic rings. The van der Waals surface area contributed by atoms with E-state index >= 15 is 0 Å². The maximum atomic E-state index is 10.7. The molecule has 3 nitrogen and oxygen atoms in total. The van der Waals surface area contributed by atoms with Crippen molar-refractivity contribution in [3.63, 3.8) is 0 Å². The summed E-state index contributed by atoms with van der Waals surface area (Å²) in [6, 6.07) is 58.7. The number of rotatable bonds is 0. The van der Waals surface area contributed by atoms with Crippen molar-refractivity contribution >= 4 is 72.2 Å². The molecule has 0 fully saturated rings. The Bertz CT molecular complexity index is 1790. The zero-order chi connectivity index (χ0) is 36.8. The third-order valence-electron chi connectivity index (χ3n) is 6.47. The molecular weight excluding hydrogens is 887 g/mol. The van der Waals surface area contributed by atoms with Crippen LogP contribution in [0.25, 0.3) is 43.1 Å². The third-order valence-corrected chi connectivity index (χ3v) is 7.04. The van der Waals surface area contributed by atoms with Crippen molar-refractivity contribution in [2.24, 2.45) is 0 Å². The quantitative estimate of drug-likeness (QED) is 0.0506. The topological polar surface area (TPSA) is 57.2 Å². The fraction of sp³-hybridized carbons (Fsp3) is 0.122. The molecule has 274 valence electrons. The van der Waals surface area contributed by atoms with E-state index in [1.807, 2.05) is 0 Å². The molecule has 0 N–H and O–H groups in total. The standard InChI is InChI=1S/4C9H7.2C2H7Si.CHF3O3S.FH.2Zr/c4*1-2-5-9-7-3-6-8(9)4-1;2*1-3-2;2-1(3,4)8(5,6)7;;;/h4*1-7H;2*3H,1-2H3;(H,5,6,7);1H;;/q4*-1;;;;;2*+3/p-2. The molecule has 0 unspecified atom stereocenters. The second kappa shape index (κ2) is 28.6. The molecule has 8 aromatic carbocycles. The molecule has 0 aliphatic rings. The Morgan fingerprint density at radius 2 is 0.642 bits per heavy atom. The van der Waals surface area contributed by atoms with Gasteiger partial charge < -0.3 is 9.26 Å². The van der Waals surface area contributed by atoms with Gasteiger partial charge in [0.2, 0.25) is 0 Å². The van der Waals surface area contributed by atoms with Gasteiger partial charge in [-0.1, -0.05) is 50.5 Å². The molecule has 0 atom stereocenters. The van der Waals surface area contributed by atoms with Crippen molar-refractivity contribution in [1.29, 1.82) is 0 Å². The second-order valence-corrected chi connectivity index (χ2v) is 14.4. The van der Waals surface area contributed by atoms with Crippen molar-refractivity contribution in [2.75, 3.05) is 0 Å².